The van der Waals surface area contributed by atoms with Crippen molar-refractivity contribution in [2.45, 2.75) is 32.7 Å². The minimum absolute atomic E-state index is 0.0151. The van der Waals surface area contributed by atoms with E-state index in [4.69, 9.17) is 5.73 Å². The van der Waals surface area contributed by atoms with Gasteiger partial charge in [0.2, 0.25) is 5.91 Å². The van der Waals surface area contributed by atoms with Gasteiger partial charge in [0.25, 0.3) is 0 Å². The Hall–Kier alpha value is -0.870. The van der Waals surface area contributed by atoms with Gasteiger partial charge in [0.1, 0.15) is 0 Å². The van der Waals surface area contributed by atoms with Gasteiger partial charge in [0.15, 0.2) is 0 Å². The first-order valence-corrected chi connectivity index (χ1v) is 7.07. The fourth-order valence-corrected chi connectivity index (χ4v) is 2.34. The van der Waals surface area contributed by atoms with Gasteiger partial charge >= 0.3 is 0 Å². The molecular weight excluding hydrogens is 292 g/mol. The van der Waals surface area contributed by atoms with E-state index in [1.807, 2.05) is 31.2 Å². The zero-order valence-electron chi connectivity index (χ0n) is 10.9. The third-order valence-corrected chi connectivity index (χ3v) is 3.74. The van der Waals surface area contributed by atoms with E-state index in [0.29, 0.717) is 18.9 Å². The number of benzene rings is 1. The molecule has 0 spiro atoms. The molecule has 2 atom stereocenters. The molecular formula is C14H21BrN2O. The Morgan fingerprint density at radius 3 is 2.67 bits per heavy atom. The van der Waals surface area contributed by atoms with Crippen molar-refractivity contribution in [2.75, 3.05) is 6.54 Å². The summed E-state index contributed by atoms with van der Waals surface area (Å²) in [6, 6.07) is 7.94. The number of hydrogen-bond acceptors (Lipinski definition) is 2. The molecule has 0 bridgehead atoms. The first kappa shape index (κ1) is 15.2. The fourth-order valence-electron chi connectivity index (χ4n) is 1.71. The van der Waals surface area contributed by atoms with E-state index in [-0.39, 0.29) is 11.9 Å². The summed E-state index contributed by atoms with van der Waals surface area (Å²) in [5.74, 6) is 0.480. The molecule has 1 unspecified atom stereocenters. The second kappa shape index (κ2) is 7.54. The van der Waals surface area contributed by atoms with E-state index < -0.39 is 0 Å². The lowest BCUT2D eigenvalue weighted by Crippen LogP contribution is -2.27. The highest BCUT2D eigenvalue weighted by Crippen LogP contribution is 2.22. The molecule has 0 saturated carbocycles. The second-order valence-electron chi connectivity index (χ2n) is 4.69. The number of nitrogens with one attached hydrogen (secondary N) is 1. The van der Waals surface area contributed by atoms with E-state index in [2.05, 4.69) is 28.2 Å². The molecule has 1 amide bonds. The van der Waals surface area contributed by atoms with E-state index in [0.717, 1.165) is 16.5 Å². The van der Waals surface area contributed by atoms with Gasteiger partial charge in [-0.1, -0.05) is 41.1 Å². The summed E-state index contributed by atoms with van der Waals surface area (Å²) in [6.45, 7) is 4.68. The van der Waals surface area contributed by atoms with Crippen LogP contribution in [-0.2, 0) is 4.79 Å². The fraction of sp³-hybridized carbons (Fsp3) is 0.500. The molecule has 1 aromatic rings. The van der Waals surface area contributed by atoms with Gasteiger partial charge in [-0.3, -0.25) is 4.79 Å². The maximum atomic E-state index is 11.8. The van der Waals surface area contributed by atoms with E-state index in [1.165, 1.54) is 0 Å². The number of carbonyl (C=O) groups is 1. The molecule has 0 aliphatic carbocycles. The lowest BCUT2D eigenvalue weighted by atomic mass is 10.0. The van der Waals surface area contributed by atoms with Crippen molar-refractivity contribution in [3.63, 3.8) is 0 Å². The van der Waals surface area contributed by atoms with Crippen molar-refractivity contribution in [3.05, 3.63) is 34.3 Å². The summed E-state index contributed by atoms with van der Waals surface area (Å²) in [4.78, 5) is 11.8. The minimum Gasteiger partial charge on any atom is -0.350 e. The number of rotatable bonds is 6. The van der Waals surface area contributed by atoms with Crippen LogP contribution in [0.4, 0.5) is 0 Å². The largest absolute Gasteiger partial charge is 0.350 e. The normalized spacial score (nSPS) is 14.0. The number of amides is 1. The maximum Gasteiger partial charge on any atom is 0.220 e. The van der Waals surface area contributed by atoms with Gasteiger partial charge in [-0.25, -0.2) is 0 Å². The average molecular weight is 313 g/mol. The minimum atomic E-state index is 0.0151. The highest BCUT2D eigenvalue weighted by molar-refractivity contribution is 9.10. The summed E-state index contributed by atoms with van der Waals surface area (Å²) in [7, 11) is 0. The first-order chi connectivity index (χ1) is 8.54. The summed E-state index contributed by atoms with van der Waals surface area (Å²) in [5.41, 5.74) is 6.63. The molecule has 1 aromatic carbocycles. The maximum absolute atomic E-state index is 11.8. The number of halogens is 1. The van der Waals surface area contributed by atoms with E-state index in [9.17, 15) is 4.79 Å². The molecule has 4 heteroatoms. The smallest absolute Gasteiger partial charge is 0.220 e. The van der Waals surface area contributed by atoms with Crippen molar-refractivity contribution >= 4 is 21.8 Å². The summed E-state index contributed by atoms with van der Waals surface area (Å²) < 4.78 is 1.02. The van der Waals surface area contributed by atoms with Crippen molar-refractivity contribution in [2.24, 2.45) is 11.7 Å². The van der Waals surface area contributed by atoms with Crippen LogP contribution in [-0.4, -0.2) is 12.5 Å². The molecule has 1 rings (SSSR count). The van der Waals surface area contributed by atoms with Crippen LogP contribution in [0.25, 0.3) is 0 Å². The predicted octanol–water partition coefficient (Wildman–Crippen LogP) is 3.00. The zero-order valence-corrected chi connectivity index (χ0v) is 12.5. The summed E-state index contributed by atoms with van der Waals surface area (Å²) in [5, 5.41) is 3.01. The van der Waals surface area contributed by atoms with Crippen LogP contribution in [0, 0.1) is 5.92 Å². The Morgan fingerprint density at radius 2 is 2.06 bits per heavy atom. The molecule has 18 heavy (non-hydrogen) atoms. The average Bonchev–Trinajstić information content (AvgIpc) is 2.36. The third-order valence-electron chi connectivity index (χ3n) is 3.02. The van der Waals surface area contributed by atoms with Crippen LogP contribution < -0.4 is 11.1 Å². The van der Waals surface area contributed by atoms with Crippen LogP contribution in [0.15, 0.2) is 28.7 Å². The van der Waals surface area contributed by atoms with E-state index in [1.54, 1.807) is 0 Å². The van der Waals surface area contributed by atoms with Gasteiger partial charge in [0, 0.05) is 10.9 Å². The molecule has 0 saturated heterocycles. The molecule has 100 valence electrons. The molecule has 0 aliphatic heterocycles. The monoisotopic (exact) mass is 312 g/mol. The predicted molar refractivity (Wildman–Crippen MR) is 78.2 cm³/mol. The highest BCUT2D eigenvalue weighted by Gasteiger charge is 2.12. The van der Waals surface area contributed by atoms with Gasteiger partial charge in [0.05, 0.1) is 6.04 Å². The lowest BCUT2D eigenvalue weighted by molar-refractivity contribution is -0.122. The van der Waals surface area contributed by atoms with Crippen molar-refractivity contribution < 1.29 is 4.79 Å². The summed E-state index contributed by atoms with van der Waals surface area (Å²) >= 11 is 3.49. The van der Waals surface area contributed by atoms with Crippen LogP contribution in [0.1, 0.15) is 38.3 Å². The second-order valence-corrected chi connectivity index (χ2v) is 5.54. The molecule has 0 aromatic heterocycles. The van der Waals surface area contributed by atoms with Gasteiger partial charge in [-0.15, -0.1) is 0 Å². The highest BCUT2D eigenvalue weighted by atomic mass is 79.9. The van der Waals surface area contributed by atoms with Crippen molar-refractivity contribution in [3.8, 4) is 0 Å². The Bertz CT molecular complexity index is 395. The van der Waals surface area contributed by atoms with Crippen LogP contribution in [0.5, 0.6) is 0 Å². The standard InChI is InChI=1S/C14H21BrN2O/c1-10(9-16)7-8-14(18)17-11(2)12-5-3-4-6-13(12)15/h3-6,10-11H,7-9,16H2,1-2H3,(H,17,18)/t10?,11-/m1/s1. The zero-order chi connectivity index (χ0) is 13.5. The van der Waals surface area contributed by atoms with Gasteiger partial charge in [-0.2, -0.15) is 0 Å². The van der Waals surface area contributed by atoms with Crippen molar-refractivity contribution in [1.29, 1.82) is 0 Å². The Labute approximate surface area is 117 Å². The van der Waals surface area contributed by atoms with Gasteiger partial charge < -0.3 is 11.1 Å². The number of carbonyl (C=O) groups excluding carboxylic acids is 1. The SMILES string of the molecule is CC(CN)CCC(=O)N[C@H](C)c1ccccc1Br. The topological polar surface area (TPSA) is 55.1 Å². The number of nitrogens with two attached hydrogens (primary N) is 1. The molecule has 0 heterocycles. The third kappa shape index (κ3) is 4.78. The van der Waals surface area contributed by atoms with E-state index >= 15 is 0 Å². The molecule has 3 nitrogen and oxygen atoms in total. The Morgan fingerprint density at radius 1 is 1.39 bits per heavy atom. The summed E-state index contributed by atoms with van der Waals surface area (Å²) in [6.07, 6.45) is 1.37. The van der Waals surface area contributed by atoms with Gasteiger partial charge in [-0.05, 0) is 37.4 Å². The van der Waals surface area contributed by atoms with Crippen LogP contribution >= 0.6 is 15.9 Å². The molecule has 0 radical (unpaired) electrons. The molecule has 0 fully saturated rings. The van der Waals surface area contributed by atoms with Crippen LogP contribution in [0.2, 0.25) is 0 Å². The quantitative estimate of drug-likeness (QED) is 0.848. The van der Waals surface area contributed by atoms with Crippen LogP contribution in [0.3, 0.4) is 0 Å². The first-order valence-electron chi connectivity index (χ1n) is 6.28. The molecule has 3 N–H and O–H groups in total. The Balaban J connectivity index is 2.47. The lowest BCUT2D eigenvalue weighted by Gasteiger charge is -2.16. The van der Waals surface area contributed by atoms with Crippen molar-refractivity contribution in [1.82, 2.24) is 5.32 Å². The number of hydrogen-bond donors (Lipinski definition) is 2. The Kier molecular flexibility index (Phi) is 6.36. The molecule has 0 aliphatic rings.